The summed E-state index contributed by atoms with van der Waals surface area (Å²) in [6.07, 6.45) is 0.541. The zero-order valence-corrected chi connectivity index (χ0v) is 13.3. The third-order valence-electron chi connectivity index (χ3n) is 2.99. The highest BCUT2D eigenvalue weighted by Gasteiger charge is 2.13. The summed E-state index contributed by atoms with van der Waals surface area (Å²) in [5, 5.41) is 0. The Labute approximate surface area is 128 Å². The second-order valence-electron chi connectivity index (χ2n) is 4.40. The Bertz CT molecular complexity index is 843. The predicted octanol–water partition coefficient (Wildman–Crippen LogP) is 1.16. The van der Waals surface area contributed by atoms with Gasteiger partial charge in [-0.25, -0.2) is 4.79 Å². The van der Waals surface area contributed by atoms with Crippen molar-refractivity contribution in [3.63, 3.8) is 0 Å². The number of aromatic nitrogens is 3. The van der Waals surface area contributed by atoms with E-state index in [4.69, 9.17) is 17.0 Å². The van der Waals surface area contributed by atoms with Gasteiger partial charge < -0.3 is 9.72 Å². The number of ether oxygens (including phenoxy) is 1. The minimum absolute atomic E-state index is 0.171. The van der Waals surface area contributed by atoms with Crippen molar-refractivity contribution in [1.82, 2.24) is 14.1 Å². The standard InChI is InChI=1S/C12H15N3O4S2/c1-3-19-7(16)5-4-6-15-10(17)8-9(13-11(20)21-8)14(2)12(15)18/h3-6H2,1-2H3,(H,13,20). The maximum atomic E-state index is 12.3. The number of nitrogens with one attached hydrogen (secondary N) is 1. The van der Waals surface area contributed by atoms with Crippen LogP contribution in [0.3, 0.4) is 0 Å². The van der Waals surface area contributed by atoms with Crippen molar-refractivity contribution < 1.29 is 9.53 Å². The number of rotatable bonds is 5. The first-order chi connectivity index (χ1) is 9.95. The Morgan fingerprint density at radius 2 is 2.14 bits per heavy atom. The second-order valence-corrected chi connectivity index (χ2v) is 6.09. The van der Waals surface area contributed by atoms with Gasteiger partial charge in [-0.05, 0) is 25.6 Å². The van der Waals surface area contributed by atoms with Crippen LogP contribution in [0.1, 0.15) is 19.8 Å². The number of carbonyl (C=O) groups is 1. The van der Waals surface area contributed by atoms with E-state index in [2.05, 4.69) is 4.98 Å². The molecule has 21 heavy (non-hydrogen) atoms. The highest BCUT2D eigenvalue weighted by atomic mass is 32.1. The Morgan fingerprint density at radius 1 is 1.43 bits per heavy atom. The fraction of sp³-hybridized carbons (Fsp3) is 0.500. The maximum Gasteiger partial charge on any atom is 0.332 e. The van der Waals surface area contributed by atoms with Crippen molar-refractivity contribution in [2.45, 2.75) is 26.3 Å². The molecule has 0 spiro atoms. The lowest BCUT2D eigenvalue weighted by Gasteiger charge is -2.07. The summed E-state index contributed by atoms with van der Waals surface area (Å²) in [5.74, 6) is -0.333. The van der Waals surface area contributed by atoms with Gasteiger partial charge in [0, 0.05) is 20.0 Å². The van der Waals surface area contributed by atoms with E-state index in [9.17, 15) is 14.4 Å². The van der Waals surface area contributed by atoms with Gasteiger partial charge in [0.15, 0.2) is 3.95 Å². The number of nitrogens with zero attached hydrogens (tertiary/aromatic N) is 2. The molecule has 0 saturated carbocycles. The first-order valence-corrected chi connectivity index (χ1v) is 7.66. The molecule has 0 saturated heterocycles. The fourth-order valence-corrected chi connectivity index (χ4v) is 3.16. The largest absolute Gasteiger partial charge is 0.466 e. The second kappa shape index (κ2) is 6.35. The van der Waals surface area contributed by atoms with Crippen LogP contribution in [-0.4, -0.2) is 26.7 Å². The molecule has 0 atom stereocenters. The van der Waals surface area contributed by atoms with Gasteiger partial charge >= 0.3 is 11.7 Å². The normalized spacial score (nSPS) is 11.0. The fourth-order valence-electron chi connectivity index (χ4n) is 2.00. The third kappa shape index (κ3) is 3.13. The quantitative estimate of drug-likeness (QED) is 0.657. The van der Waals surface area contributed by atoms with Crippen LogP contribution in [0.5, 0.6) is 0 Å². The van der Waals surface area contributed by atoms with Gasteiger partial charge in [-0.1, -0.05) is 11.3 Å². The zero-order valence-electron chi connectivity index (χ0n) is 11.7. The highest BCUT2D eigenvalue weighted by molar-refractivity contribution is 7.73. The summed E-state index contributed by atoms with van der Waals surface area (Å²) in [7, 11) is 1.57. The van der Waals surface area contributed by atoms with Crippen LogP contribution in [0.25, 0.3) is 10.3 Å². The van der Waals surface area contributed by atoms with Crippen molar-refractivity contribution in [2.24, 2.45) is 7.05 Å². The van der Waals surface area contributed by atoms with Crippen LogP contribution in [0.15, 0.2) is 9.59 Å². The summed E-state index contributed by atoms with van der Waals surface area (Å²) in [4.78, 5) is 38.6. The number of aryl methyl sites for hydroxylation is 1. The van der Waals surface area contributed by atoms with Crippen LogP contribution in [-0.2, 0) is 23.1 Å². The lowest BCUT2D eigenvalue weighted by molar-refractivity contribution is -0.143. The first-order valence-electron chi connectivity index (χ1n) is 6.44. The number of thiazole rings is 1. The van der Waals surface area contributed by atoms with Crippen molar-refractivity contribution in [3.8, 4) is 0 Å². The van der Waals surface area contributed by atoms with E-state index in [0.717, 1.165) is 15.9 Å². The molecule has 0 aliphatic heterocycles. The summed E-state index contributed by atoms with van der Waals surface area (Å²) in [5.41, 5.74) is -0.378. The predicted molar refractivity (Wildman–Crippen MR) is 82.4 cm³/mol. The lowest BCUT2D eigenvalue weighted by atomic mass is 10.3. The van der Waals surface area contributed by atoms with E-state index >= 15 is 0 Å². The first kappa shape index (κ1) is 15.6. The van der Waals surface area contributed by atoms with E-state index in [1.165, 1.54) is 4.57 Å². The smallest absolute Gasteiger partial charge is 0.332 e. The molecule has 0 aliphatic rings. The number of esters is 1. The molecular formula is C12H15N3O4S2. The van der Waals surface area contributed by atoms with Crippen LogP contribution in [0, 0.1) is 3.95 Å². The number of hydrogen-bond donors (Lipinski definition) is 1. The van der Waals surface area contributed by atoms with Gasteiger partial charge in [0.05, 0.1) is 6.61 Å². The highest BCUT2D eigenvalue weighted by Crippen LogP contribution is 2.12. The van der Waals surface area contributed by atoms with Gasteiger partial charge in [0.1, 0.15) is 10.3 Å². The van der Waals surface area contributed by atoms with Crippen LogP contribution in [0.4, 0.5) is 0 Å². The average Bonchev–Trinajstić information content (AvgIpc) is 2.83. The van der Waals surface area contributed by atoms with E-state index in [-0.39, 0.29) is 24.5 Å². The Morgan fingerprint density at radius 3 is 2.81 bits per heavy atom. The monoisotopic (exact) mass is 329 g/mol. The van der Waals surface area contributed by atoms with Crippen molar-refractivity contribution in [2.75, 3.05) is 6.61 Å². The topological polar surface area (TPSA) is 86.1 Å². The number of fused-ring (bicyclic) bond motifs is 1. The molecule has 0 bridgehead atoms. The molecule has 9 heteroatoms. The molecule has 2 rings (SSSR count). The van der Waals surface area contributed by atoms with E-state index in [0.29, 0.717) is 27.3 Å². The molecule has 2 aromatic rings. The van der Waals surface area contributed by atoms with Crippen LogP contribution >= 0.6 is 23.6 Å². The van der Waals surface area contributed by atoms with Crippen LogP contribution in [0.2, 0.25) is 0 Å². The molecule has 114 valence electrons. The van der Waals surface area contributed by atoms with Gasteiger partial charge in [0.25, 0.3) is 5.56 Å². The molecule has 0 aromatic carbocycles. The summed E-state index contributed by atoms with van der Waals surface area (Å²) < 4.78 is 8.15. The minimum atomic E-state index is -0.430. The maximum absolute atomic E-state index is 12.3. The molecule has 0 fully saturated rings. The van der Waals surface area contributed by atoms with Crippen molar-refractivity contribution in [1.29, 1.82) is 0 Å². The molecule has 2 heterocycles. The van der Waals surface area contributed by atoms with Gasteiger partial charge in [-0.2, -0.15) is 0 Å². The summed E-state index contributed by atoms with van der Waals surface area (Å²) in [6, 6.07) is 0. The molecular weight excluding hydrogens is 314 g/mol. The number of aromatic amines is 1. The molecule has 0 amide bonds. The van der Waals surface area contributed by atoms with Crippen molar-refractivity contribution >= 4 is 39.9 Å². The average molecular weight is 329 g/mol. The minimum Gasteiger partial charge on any atom is -0.466 e. The molecule has 1 N–H and O–H groups in total. The summed E-state index contributed by atoms with van der Waals surface area (Å²) >= 11 is 6.15. The SMILES string of the molecule is CCOC(=O)CCCn1c(=O)c2sc(=S)[nH]c2n(C)c1=O. The number of H-pyrrole nitrogens is 1. The van der Waals surface area contributed by atoms with E-state index in [1.807, 2.05) is 0 Å². The Balaban J connectivity index is 2.32. The Kier molecular flexibility index (Phi) is 4.73. The molecule has 0 unspecified atom stereocenters. The third-order valence-corrected chi connectivity index (χ3v) is 4.20. The van der Waals surface area contributed by atoms with Gasteiger partial charge in [0.2, 0.25) is 0 Å². The van der Waals surface area contributed by atoms with E-state index < -0.39 is 5.69 Å². The molecule has 7 nitrogen and oxygen atoms in total. The summed E-state index contributed by atoms with van der Waals surface area (Å²) in [6.45, 7) is 2.22. The number of carbonyl (C=O) groups excluding carboxylic acids is 1. The van der Waals surface area contributed by atoms with Crippen LogP contribution < -0.4 is 11.2 Å². The van der Waals surface area contributed by atoms with Gasteiger partial charge in [-0.3, -0.25) is 18.7 Å². The number of hydrogen-bond acceptors (Lipinski definition) is 6. The van der Waals surface area contributed by atoms with Crippen molar-refractivity contribution in [3.05, 3.63) is 24.8 Å². The Hall–Kier alpha value is -1.74. The molecule has 0 aliphatic carbocycles. The molecule has 0 radical (unpaired) electrons. The van der Waals surface area contributed by atoms with E-state index in [1.54, 1.807) is 14.0 Å². The molecule has 2 aromatic heterocycles. The zero-order chi connectivity index (χ0) is 15.6. The lowest BCUT2D eigenvalue weighted by Crippen LogP contribution is -2.38. The van der Waals surface area contributed by atoms with Gasteiger partial charge in [-0.15, -0.1) is 0 Å².